The van der Waals surface area contributed by atoms with Crippen LogP contribution in [0.25, 0.3) is 16.8 Å². The normalized spacial score (nSPS) is 10.5. The molecule has 23 heavy (non-hydrogen) atoms. The Labute approximate surface area is 134 Å². The molecule has 116 valence electrons. The summed E-state index contributed by atoms with van der Waals surface area (Å²) in [4.78, 5) is 12.4. The molecule has 0 radical (unpaired) electrons. The number of benzene rings is 1. The molecule has 0 atom stereocenters. The first kappa shape index (κ1) is 14.8. The van der Waals surface area contributed by atoms with E-state index in [0.29, 0.717) is 11.3 Å². The van der Waals surface area contributed by atoms with Crippen LogP contribution in [0, 0.1) is 0 Å². The van der Waals surface area contributed by atoms with Gasteiger partial charge < -0.3 is 10.1 Å². The fourth-order valence-electron chi connectivity index (χ4n) is 2.60. The van der Waals surface area contributed by atoms with Crippen LogP contribution >= 0.6 is 0 Å². The van der Waals surface area contributed by atoms with Crippen LogP contribution < -0.4 is 15.1 Å². The summed E-state index contributed by atoms with van der Waals surface area (Å²) in [7, 11) is 3.42. The van der Waals surface area contributed by atoms with Crippen molar-refractivity contribution in [2.24, 2.45) is 0 Å². The van der Waals surface area contributed by atoms with Crippen molar-refractivity contribution in [3.63, 3.8) is 0 Å². The third-order valence-corrected chi connectivity index (χ3v) is 3.60. The Bertz CT molecular complexity index is 872. The molecular formula is C18H18N3O2+. The lowest BCUT2D eigenvalue weighted by molar-refractivity contribution is -0.596. The van der Waals surface area contributed by atoms with Crippen molar-refractivity contribution in [2.45, 2.75) is 0 Å². The molecule has 0 amide bonds. The van der Waals surface area contributed by atoms with Crippen LogP contribution in [0.15, 0.2) is 71.8 Å². The van der Waals surface area contributed by atoms with E-state index in [1.807, 2.05) is 60.9 Å². The SMILES string of the molecule is CN(C)n1c(O)c(-[n+]2ccccc2)c(-c2ccccc2)cc1=O. The third-order valence-electron chi connectivity index (χ3n) is 3.60. The van der Waals surface area contributed by atoms with Crippen molar-refractivity contribution in [3.05, 3.63) is 77.3 Å². The van der Waals surface area contributed by atoms with Crippen molar-refractivity contribution < 1.29 is 9.67 Å². The lowest BCUT2D eigenvalue weighted by atomic mass is 10.0. The van der Waals surface area contributed by atoms with Crippen molar-refractivity contribution in [3.8, 4) is 22.7 Å². The number of pyridine rings is 2. The predicted octanol–water partition coefficient (Wildman–Crippen LogP) is 1.70. The summed E-state index contributed by atoms with van der Waals surface area (Å²) < 4.78 is 3.04. The topological polar surface area (TPSA) is 49.4 Å². The molecule has 0 fully saturated rings. The summed E-state index contributed by atoms with van der Waals surface area (Å²) in [5.41, 5.74) is 1.83. The zero-order chi connectivity index (χ0) is 16.4. The molecule has 1 aromatic carbocycles. The van der Waals surface area contributed by atoms with Crippen molar-refractivity contribution in [1.29, 1.82) is 0 Å². The highest BCUT2D eigenvalue weighted by Gasteiger charge is 2.25. The Kier molecular flexibility index (Phi) is 3.85. The highest BCUT2D eigenvalue weighted by atomic mass is 16.3. The zero-order valence-corrected chi connectivity index (χ0v) is 13.0. The minimum Gasteiger partial charge on any atom is -0.488 e. The molecule has 0 saturated heterocycles. The molecule has 0 saturated carbocycles. The molecule has 2 heterocycles. The second kappa shape index (κ2) is 5.96. The van der Waals surface area contributed by atoms with Crippen molar-refractivity contribution in [1.82, 2.24) is 4.68 Å². The van der Waals surface area contributed by atoms with Crippen molar-refractivity contribution in [2.75, 3.05) is 19.1 Å². The zero-order valence-electron chi connectivity index (χ0n) is 13.0. The van der Waals surface area contributed by atoms with Gasteiger partial charge in [-0.05, 0) is 5.56 Å². The first-order chi connectivity index (χ1) is 11.1. The fraction of sp³-hybridized carbons (Fsp3) is 0.111. The Morgan fingerprint density at radius 3 is 2.22 bits per heavy atom. The number of nitrogens with zero attached hydrogens (tertiary/aromatic N) is 3. The average molecular weight is 308 g/mol. The second-order valence-corrected chi connectivity index (χ2v) is 5.38. The molecular weight excluding hydrogens is 290 g/mol. The van der Waals surface area contributed by atoms with Gasteiger partial charge in [0.25, 0.3) is 17.1 Å². The lowest BCUT2D eigenvalue weighted by Gasteiger charge is -2.18. The van der Waals surface area contributed by atoms with Gasteiger partial charge in [-0.25, -0.2) is 0 Å². The fourth-order valence-corrected chi connectivity index (χ4v) is 2.60. The molecule has 0 aliphatic heterocycles. The molecule has 3 rings (SSSR count). The summed E-state index contributed by atoms with van der Waals surface area (Å²) in [6, 6.07) is 16.8. The third kappa shape index (κ3) is 2.68. The van der Waals surface area contributed by atoms with E-state index in [1.54, 1.807) is 29.7 Å². The standard InChI is InChI=1S/C18H17N3O2/c1-19(2)21-16(22)13-15(14-9-5-3-6-10-14)17(18(21)23)20-11-7-4-8-12-20/h3-13H,1-2H3/p+1. The first-order valence-electron chi connectivity index (χ1n) is 7.28. The van der Waals surface area contributed by atoms with Gasteiger partial charge in [0.2, 0.25) is 0 Å². The Morgan fingerprint density at radius 2 is 1.61 bits per heavy atom. The van der Waals surface area contributed by atoms with Crippen molar-refractivity contribution >= 4 is 0 Å². The van der Waals surface area contributed by atoms with Crippen LogP contribution in [-0.4, -0.2) is 23.9 Å². The van der Waals surface area contributed by atoms with E-state index >= 15 is 0 Å². The minimum atomic E-state index is -0.286. The Hall–Kier alpha value is -3.08. The van der Waals surface area contributed by atoms with E-state index < -0.39 is 0 Å². The van der Waals surface area contributed by atoms with E-state index in [1.165, 1.54) is 4.68 Å². The van der Waals surface area contributed by atoms with E-state index in [0.717, 1.165) is 5.56 Å². The Morgan fingerprint density at radius 1 is 1.00 bits per heavy atom. The van der Waals surface area contributed by atoms with E-state index in [2.05, 4.69) is 0 Å². The summed E-state index contributed by atoms with van der Waals surface area (Å²) in [6.07, 6.45) is 3.68. The maximum absolute atomic E-state index is 12.4. The number of aromatic nitrogens is 2. The van der Waals surface area contributed by atoms with Gasteiger partial charge in [0.15, 0.2) is 12.4 Å². The minimum absolute atomic E-state index is 0.0995. The van der Waals surface area contributed by atoms with Crippen LogP contribution in [0.3, 0.4) is 0 Å². The molecule has 0 spiro atoms. The summed E-state index contributed by atoms with van der Waals surface area (Å²) >= 11 is 0. The van der Waals surface area contributed by atoms with Gasteiger partial charge in [-0.2, -0.15) is 9.24 Å². The van der Waals surface area contributed by atoms with Gasteiger partial charge in [0.1, 0.15) is 0 Å². The monoisotopic (exact) mass is 308 g/mol. The Balaban J connectivity index is 2.38. The van der Waals surface area contributed by atoms with Gasteiger partial charge >= 0.3 is 0 Å². The molecule has 5 heteroatoms. The van der Waals surface area contributed by atoms with E-state index in [9.17, 15) is 9.90 Å². The second-order valence-electron chi connectivity index (χ2n) is 5.38. The first-order valence-corrected chi connectivity index (χ1v) is 7.28. The summed E-state index contributed by atoms with van der Waals surface area (Å²) in [5, 5.41) is 12.3. The number of aromatic hydroxyl groups is 1. The van der Waals surface area contributed by atoms with Crippen LogP contribution in [0.1, 0.15) is 0 Å². The summed E-state index contributed by atoms with van der Waals surface area (Å²) in [5.74, 6) is -0.0995. The largest absolute Gasteiger partial charge is 0.488 e. The molecule has 0 aliphatic carbocycles. The van der Waals surface area contributed by atoms with Crippen LogP contribution in [0.5, 0.6) is 5.88 Å². The number of hydrogen-bond donors (Lipinski definition) is 1. The lowest BCUT2D eigenvalue weighted by Crippen LogP contribution is -2.39. The highest BCUT2D eigenvalue weighted by Crippen LogP contribution is 2.28. The molecule has 0 aliphatic rings. The highest BCUT2D eigenvalue weighted by molar-refractivity contribution is 5.72. The van der Waals surface area contributed by atoms with Crippen LogP contribution in [0.2, 0.25) is 0 Å². The molecule has 0 bridgehead atoms. The van der Waals surface area contributed by atoms with E-state index in [-0.39, 0.29) is 11.4 Å². The maximum Gasteiger partial charge on any atom is 0.289 e. The predicted molar refractivity (Wildman–Crippen MR) is 89.4 cm³/mol. The van der Waals surface area contributed by atoms with Crippen LogP contribution in [-0.2, 0) is 0 Å². The maximum atomic E-state index is 12.4. The molecule has 2 aromatic heterocycles. The van der Waals surface area contributed by atoms with Crippen LogP contribution in [0.4, 0.5) is 0 Å². The van der Waals surface area contributed by atoms with Gasteiger partial charge in [0, 0.05) is 32.3 Å². The summed E-state index contributed by atoms with van der Waals surface area (Å²) in [6.45, 7) is 0. The smallest absolute Gasteiger partial charge is 0.289 e. The molecule has 3 aromatic rings. The quantitative estimate of drug-likeness (QED) is 0.749. The van der Waals surface area contributed by atoms with Gasteiger partial charge in [-0.15, -0.1) is 0 Å². The van der Waals surface area contributed by atoms with Gasteiger partial charge in [0.05, 0.1) is 5.56 Å². The molecule has 5 nitrogen and oxygen atoms in total. The average Bonchev–Trinajstić information content (AvgIpc) is 2.55. The molecule has 0 unspecified atom stereocenters. The van der Waals surface area contributed by atoms with E-state index in [4.69, 9.17) is 0 Å². The van der Waals surface area contributed by atoms with Gasteiger partial charge in [-0.1, -0.05) is 36.4 Å². The van der Waals surface area contributed by atoms with Gasteiger partial charge in [-0.3, -0.25) is 4.79 Å². The number of hydrogen-bond acceptors (Lipinski definition) is 3. The molecule has 1 N–H and O–H groups in total. The number of rotatable bonds is 3.